The lowest BCUT2D eigenvalue weighted by Gasteiger charge is -2.07. The zero-order valence-corrected chi connectivity index (χ0v) is 10.6. The molecule has 1 amide bonds. The van der Waals surface area contributed by atoms with Gasteiger partial charge < -0.3 is 10.6 Å². The molecule has 0 aliphatic heterocycles. The van der Waals surface area contributed by atoms with E-state index in [2.05, 4.69) is 26.0 Å². The monoisotopic (exact) mass is 267 g/mol. The molecule has 3 rings (SSSR count). The zero-order chi connectivity index (χ0) is 13.8. The number of para-hydroxylation sites is 1. The fraction of sp³-hybridized carbons (Fsp3) is 0.0714. The lowest BCUT2D eigenvalue weighted by molar-refractivity contribution is -0.114. The largest absolute Gasteiger partial charge is 0.376 e. The third-order valence-corrected chi connectivity index (χ3v) is 2.83. The molecule has 1 heterocycles. The van der Waals surface area contributed by atoms with Gasteiger partial charge in [0.2, 0.25) is 5.91 Å². The molecule has 0 fully saturated rings. The predicted molar refractivity (Wildman–Crippen MR) is 77.5 cm³/mol. The Labute approximate surface area is 115 Å². The van der Waals surface area contributed by atoms with E-state index >= 15 is 0 Å². The molecule has 3 N–H and O–H groups in total. The van der Waals surface area contributed by atoms with Gasteiger partial charge in [-0.15, -0.1) is 0 Å². The quantitative estimate of drug-likeness (QED) is 0.675. The van der Waals surface area contributed by atoms with E-state index in [1.54, 1.807) is 18.2 Å². The van der Waals surface area contributed by atoms with Crippen LogP contribution in [0.2, 0.25) is 0 Å². The van der Waals surface area contributed by atoms with Crippen molar-refractivity contribution in [2.45, 2.75) is 0 Å². The summed E-state index contributed by atoms with van der Waals surface area (Å²) in [6.07, 6.45) is 0. The van der Waals surface area contributed by atoms with Crippen LogP contribution in [-0.2, 0) is 4.79 Å². The summed E-state index contributed by atoms with van der Waals surface area (Å²) in [4.78, 5) is 11.8. The van der Waals surface area contributed by atoms with E-state index in [-0.39, 0.29) is 12.5 Å². The smallest absolute Gasteiger partial charge is 0.243 e. The van der Waals surface area contributed by atoms with Gasteiger partial charge in [-0.2, -0.15) is 15.4 Å². The van der Waals surface area contributed by atoms with Crippen molar-refractivity contribution in [2.75, 3.05) is 17.2 Å². The van der Waals surface area contributed by atoms with Crippen LogP contribution in [0.25, 0.3) is 11.0 Å². The number of anilines is 2. The Bertz CT molecular complexity index is 723. The van der Waals surface area contributed by atoms with Crippen molar-refractivity contribution in [3.8, 4) is 0 Å². The van der Waals surface area contributed by atoms with Gasteiger partial charge in [0.1, 0.15) is 11.0 Å². The number of amides is 1. The van der Waals surface area contributed by atoms with E-state index < -0.39 is 0 Å². The SMILES string of the molecule is O=C(CNc1ccccc1)Nc1ccc2n[nH]nc2c1. The van der Waals surface area contributed by atoms with E-state index in [4.69, 9.17) is 0 Å². The molecule has 2 aromatic carbocycles. The summed E-state index contributed by atoms with van der Waals surface area (Å²) in [5.41, 5.74) is 3.10. The van der Waals surface area contributed by atoms with Crippen molar-refractivity contribution in [3.63, 3.8) is 0 Å². The lowest BCUT2D eigenvalue weighted by Crippen LogP contribution is -2.21. The van der Waals surface area contributed by atoms with Gasteiger partial charge in [0, 0.05) is 11.4 Å². The van der Waals surface area contributed by atoms with Gasteiger partial charge in [-0.25, -0.2) is 0 Å². The first-order valence-corrected chi connectivity index (χ1v) is 6.20. The molecule has 0 saturated heterocycles. The van der Waals surface area contributed by atoms with Gasteiger partial charge in [-0.05, 0) is 30.3 Å². The Morgan fingerprint density at radius 3 is 2.65 bits per heavy atom. The van der Waals surface area contributed by atoms with Crippen molar-refractivity contribution in [3.05, 3.63) is 48.5 Å². The zero-order valence-electron chi connectivity index (χ0n) is 10.6. The highest BCUT2D eigenvalue weighted by Crippen LogP contribution is 2.14. The topological polar surface area (TPSA) is 82.7 Å². The van der Waals surface area contributed by atoms with Crippen molar-refractivity contribution in [2.24, 2.45) is 0 Å². The first-order chi connectivity index (χ1) is 9.81. The first kappa shape index (κ1) is 12.2. The van der Waals surface area contributed by atoms with Gasteiger partial charge in [0.25, 0.3) is 0 Å². The summed E-state index contributed by atoms with van der Waals surface area (Å²) in [5, 5.41) is 16.3. The maximum atomic E-state index is 11.8. The molecule has 0 unspecified atom stereocenters. The summed E-state index contributed by atoms with van der Waals surface area (Å²) in [5.74, 6) is -0.114. The molecule has 0 bridgehead atoms. The molecular weight excluding hydrogens is 254 g/mol. The molecular formula is C14H13N5O. The van der Waals surface area contributed by atoms with Crippen LogP contribution in [-0.4, -0.2) is 27.9 Å². The molecule has 0 aliphatic rings. The Balaban J connectivity index is 1.61. The van der Waals surface area contributed by atoms with Crippen LogP contribution in [0, 0.1) is 0 Å². The number of hydrogen-bond acceptors (Lipinski definition) is 4. The molecule has 6 nitrogen and oxygen atoms in total. The second-order valence-electron chi connectivity index (χ2n) is 4.29. The Hall–Kier alpha value is -2.89. The molecule has 0 atom stereocenters. The second kappa shape index (κ2) is 5.40. The maximum absolute atomic E-state index is 11.8. The Morgan fingerprint density at radius 1 is 1.00 bits per heavy atom. The molecule has 0 aliphatic carbocycles. The minimum atomic E-state index is -0.114. The normalized spacial score (nSPS) is 10.4. The van der Waals surface area contributed by atoms with Crippen LogP contribution in [0.5, 0.6) is 0 Å². The number of carbonyl (C=O) groups is 1. The van der Waals surface area contributed by atoms with E-state index in [0.717, 1.165) is 16.7 Å². The third kappa shape index (κ3) is 2.74. The van der Waals surface area contributed by atoms with Crippen LogP contribution in [0.15, 0.2) is 48.5 Å². The number of rotatable bonds is 4. The first-order valence-electron chi connectivity index (χ1n) is 6.20. The minimum Gasteiger partial charge on any atom is -0.376 e. The lowest BCUT2D eigenvalue weighted by atomic mass is 10.2. The van der Waals surface area contributed by atoms with E-state index in [1.807, 2.05) is 30.3 Å². The molecule has 20 heavy (non-hydrogen) atoms. The molecule has 0 radical (unpaired) electrons. The molecule has 3 aromatic rings. The van der Waals surface area contributed by atoms with E-state index in [9.17, 15) is 4.79 Å². The highest BCUT2D eigenvalue weighted by molar-refractivity contribution is 5.95. The minimum absolute atomic E-state index is 0.114. The van der Waals surface area contributed by atoms with Crippen LogP contribution in [0.3, 0.4) is 0 Å². The molecule has 6 heteroatoms. The van der Waals surface area contributed by atoms with Gasteiger partial charge in [-0.3, -0.25) is 4.79 Å². The van der Waals surface area contributed by atoms with E-state index in [0.29, 0.717) is 5.69 Å². The van der Waals surface area contributed by atoms with Crippen molar-refractivity contribution >= 4 is 28.3 Å². The van der Waals surface area contributed by atoms with Crippen molar-refractivity contribution in [1.29, 1.82) is 0 Å². The van der Waals surface area contributed by atoms with Crippen molar-refractivity contribution < 1.29 is 4.79 Å². The maximum Gasteiger partial charge on any atom is 0.243 e. The Kier molecular flexibility index (Phi) is 3.28. The van der Waals surface area contributed by atoms with Crippen LogP contribution in [0.1, 0.15) is 0 Å². The summed E-state index contributed by atoms with van der Waals surface area (Å²) < 4.78 is 0. The number of H-pyrrole nitrogens is 1. The molecule has 1 aromatic heterocycles. The fourth-order valence-electron chi connectivity index (χ4n) is 1.86. The number of aromatic nitrogens is 3. The molecule has 0 spiro atoms. The number of aromatic amines is 1. The number of carbonyl (C=O) groups excluding carboxylic acids is 1. The van der Waals surface area contributed by atoms with Crippen LogP contribution >= 0.6 is 0 Å². The van der Waals surface area contributed by atoms with Gasteiger partial charge in [0.15, 0.2) is 0 Å². The number of nitrogens with zero attached hydrogens (tertiary/aromatic N) is 2. The van der Waals surface area contributed by atoms with Gasteiger partial charge in [0.05, 0.1) is 6.54 Å². The number of nitrogens with one attached hydrogen (secondary N) is 3. The predicted octanol–water partition coefficient (Wildman–Crippen LogP) is 2.01. The Morgan fingerprint density at radius 2 is 1.80 bits per heavy atom. The summed E-state index contributed by atoms with van der Waals surface area (Å²) >= 11 is 0. The number of hydrogen-bond donors (Lipinski definition) is 3. The fourth-order valence-corrected chi connectivity index (χ4v) is 1.86. The summed E-state index contributed by atoms with van der Waals surface area (Å²) in [6.45, 7) is 0.209. The molecule has 0 saturated carbocycles. The van der Waals surface area contributed by atoms with Gasteiger partial charge in [-0.1, -0.05) is 18.2 Å². The standard InChI is InChI=1S/C14H13N5O/c20-14(9-15-10-4-2-1-3-5-10)16-11-6-7-12-13(8-11)18-19-17-12/h1-8,15H,9H2,(H,16,20)(H,17,18,19). The summed E-state index contributed by atoms with van der Waals surface area (Å²) in [6, 6.07) is 15.0. The highest BCUT2D eigenvalue weighted by Gasteiger charge is 2.04. The molecule has 100 valence electrons. The second-order valence-corrected chi connectivity index (χ2v) is 4.29. The average molecular weight is 267 g/mol. The van der Waals surface area contributed by atoms with Crippen molar-refractivity contribution in [1.82, 2.24) is 15.4 Å². The van der Waals surface area contributed by atoms with Crippen LogP contribution in [0.4, 0.5) is 11.4 Å². The third-order valence-electron chi connectivity index (χ3n) is 2.83. The van der Waals surface area contributed by atoms with Crippen LogP contribution < -0.4 is 10.6 Å². The number of benzene rings is 2. The van der Waals surface area contributed by atoms with Gasteiger partial charge >= 0.3 is 0 Å². The van der Waals surface area contributed by atoms with E-state index in [1.165, 1.54) is 0 Å². The summed E-state index contributed by atoms with van der Waals surface area (Å²) in [7, 11) is 0. The number of fused-ring (bicyclic) bond motifs is 1. The average Bonchev–Trinajstić information content (AvgIpc) is 2.94. The highest BCUT2D eigenvalue weighted by atomic mass is 16.1.